The maximum atomic E-state index is 13.2. The highest BCUT2D eigenvalue weighted by molar-refractivity contribution is 8.01. The number of carbonyl (C=O) groups is 1. The molecule has 0 bridgehead atoms. The smallest absolute Gasteiger partial charge is 0.252 e. The molecule has 1 amide bonds. The monoisotopic (exact) mass is 379 g/mol. The third-order valence-electron chi connectivity index (χ3n) is 5.05. The summed E-state index contributed by atoms with van der Waals surface area (Å²) >= 11 is 1.57. The van der Waals surface area contributed by atoms with Gasteiger partial charge in [-0.1, -0.05) is 17.8 Å². The lowest BCUT2D eigenvalue weighted by atomic mass is 10.1. The standard InChI is InChI=1S/C18H29N5O2S/c1-19-17(24)18(15-22-11-13-25-14-12-22,23-9-7-21(2)8-10-23)26-16-5-3-4-6-20-16/h3-6H,7-15H2,1-2H3,(H,19,24). The Hall–Kier alpha value is -1.19. The molecule has 0 radical (unpaired) electrons. The highest BCUT2D eigenvalue weighted by Gasteiger charge is 2.47. The lowest BCUT2D eigenvalue weighted by Crippen LogP contribution is -2.65. The van der Waals surface area contributed by atoms with Crippen molar-refractivity contribution in [3.05, 3.63) is 24.4 Å². The van der Waals surface area contributed by atoms with E-state index < -0.39 is 4.87 Å². The number of hydrogen-bond acceptors (Lipinski definition) is 7. The fourth-order valence-corrected chi connectivity index (χ4v) is 4.82. The minimum Gasteiger partial charge on any atom is -0.379 e. The minimum atomic E-state index is -0.693. The number of nitrogens with one attached hydrogen (secondary N) is 1. The third-order valence-corrected chi connectivity index (χ3v) is 6.41. The van der Waals surface area contributed by atoms with Crippen LogP contribution in [0, 0.1) is 0 Å². The van der Waals surface area contributed by atoms with Crippen LogP contribution in [0.15, 0.2) is 29.4 Å². The second-order valence-corrected chi connectivity index (χ2v) is 8.11. The predicted octanol–water partition coefficient (Wildman–Crippen LogP) is 0.196. The number of rotatable bonds is 6. The summed E-state index contributed by atoms with van der Waals surface area (Å²) < 4.78 is 5.50. The van der Waals surface area contributed by atoms with Gasteiger partial charge in [-0.15, -0.1) is 0 Å². The summed E-state index contributed by atoms with van der Waals surface area (Å²) in [4.78, 5) is 24.0. The first kappa shape index (κ1) is 19.6. The van der Waals surface area contributed by atoms with Gasteiger partial charge in [-0.05, 0) is 19.2 Å². The summed E-state index contributed by atoms with van der Waals surface area (Å²) in [5, 5.41) is 3.80. The van der Waals surface area contributed by atoms with E-state index in [1.165, 1.54) is 0 Å². The summed E-state index contributed by atoms with van der Waals surface area (Å²) in [6, 6.07) is 5.86. The summed E-state index contributed by atoms with van der Waals surface area (Å²) in [5.74, 6) is 0.0456. The van der Waals surface area contributed by atoms with Gasteiger partial charge in [0.15, 0.2) is 4.87 Å². The zero-order valence-corrected chi connectivity index (χ0v) is 16.5. The van der Waals surface area contributed by atoms with Crippen molar-refractivity contribution >= 4 is 17.7 Å². The molecule has 0 spiro atoms. The fourth-order valence-electron chi connectivity index (χ4n) is 3.46. The quantitative estimate of drug-likeness (QED) is 0.709. The van der Waals surface area contributed by atoms with Crippen molar-refractivity contribution in [2.45, 2.75) is 9.90 Å². The third kappa shape index (κ3) is 4.55. The van der Waals surface area contributed by atoms with Gasteiger partial charge in [-0.2, -0.15) is 0 Å². The molecule has 7 nitrogen and oxygen atoms in total. The zero-order chi connectivity index (χ0) is 18.4. The maximum absolute atomic E-state index is 13.2. The fraction of sp³-hybridized carbons (Fsp3) is 0.667. The normalized spacial score (nSPS) is 22.7. The number of pyridine rings is 1. The van der Waals surface area contributed by atoms with Crippen LogP contribution in [-0.4, -0.2) is 104 Å². The van der Waals surface area contributed by atoms with E-state index in [2.05, 4.69) is 32.0 Å². The van der Waals surface area contributed by atoms with E-state index in [4.69, 9.17) is 4.74 Å². The number of likely N-dealkylation sites (N-methyl/N-ethyl adjacent to an activating group) is 2. The van der Waals surface area contributed by atoms with Crippen molar-refractivity contribution in [1.82, 2.24) is 25.0 Å². The van der Waals surface area contributed by atoms with E-state index in [1.807, 2.05) is 18.2 Å². The van der Waals surface area contributed by atoms with Crippen molar-refractivity contribution < 1.29 is 9.53 Å². The van der Waals surface area contributed by atoms with E-state index >= 15 is 0 Å². The van der Waals surface area contributed by atoms with Gasteiger partial charge >= 0.3 is 0 Å². The topological polar surface area (TPSA) is 60.9 Å². The Morgan fingerprint density at radius 2 is 1.96 bits per heavy atom. The number of thioether (sulfide) groups is 1. The van der Waals surface area contributed by atoms with Crippen molar-refractivity contribution in [2.24, 2.45) is 0 Å². The first-order valence-electron chi connectivity index (χ1n) is 9.20. The van der Waals surface area contributed by atoms with Crippen molar-refractivity contribution in [3.63, 3.8) is 0 Å². The highest BCUT2D eigenvalue weighted by atomic mass is 32.2. The summed E-state index contributed by atoms with van der Waals surface area (Å²) in [6.45, 7) is 7.49. The summed E-state index contributed by atoms with van der Waals surface area (Å²) in [6.07, 6.45) is 1.79. The molecule has 1 unspecified atom stereocenters. The SMILES string of the molecule is CNC(=O)C(CN1CCOCC1)(Sc1ccccn1)N1CCN(C)CC1. The zero-order valence-electron chi connectivity index (χ0n) is 15.7. The molecule has 144 valence electrons. The largest absolute Gasteiger partial charge is 0.379 e. The molecule has 2 aliphatic rings. The van der Waals surface area contributed by atoms with E-state index in [9.17, 15) is 4.79 Å². The van der Waals surface area contributed by atoms with Gasteiger partial charge in [-0.3, -0.25) is 14.6 Å². The molecular formula is C18H29N5O2S. The van der Waals surface area contributed by atoms with E-state index in [1.54, 1.807) is 25.0 Å². The van der Waals surface area contributed by atoms with Crippen LogP contribution in [0.4, 0.5) is 0 Å². The molecule has 0 aromatic carbocycles. The molecule has 3 rings (SSSR count). The predicted molar refractivity (Wildman–Crippen MR) is 103 cm³/mol. The molecule has 8 heteroatoms. The van der Waals surface area contributed by atoms with Gasteiger partial charge < -0.3 is 15.0 Å². The van der Waals surface area contributed by atoms with Gasteiger partial charge in [0.25, 0.3) is 5.91 Å². The lowest BCUT2D eigenvalue weighted by molar-refractivity contribution is -0.130. The molecule has 26 heavy (non-hydrogen) atoms. The second kappa shape index (κ2) is 9.14. The molecule has 0 saturated carbocycles. The number of hydrogen-bond donors (Lipinski definition) is 1. The number of piperazine rings is 1. The average Bonchev–Trinajstić information content (AvgIpc) is 2.69. The van der Waals surface area contributed by atoms with Crippen LogP contribution in [-0.2, 0) is 9.53 Å². The summed E-state index contributed by atoms with van der Waals surface area (Å²) in [7, 11) is 3.86. The Morgan fingerprint density at radius 1 is 1.23 bits per heavy atom. The molecule has 1 aromatic rings. The van der Waals surface area contributed by atoms with Crippen LogP contribution in [0.2, 0.25) is 0 Å². The van der Waals surface area contributed by atoms with Crippen LogP contribution >= 0.6 is 11.8 Å². The first-order valence-corrected chi connectivity index (χ1v) is 10.0. The van der Waals surface area contributed by atoms with Crippen LogP contribution in [0.25, 0.3) is 0 Å². The Labute approximate surface area is 160 Å². The summed E-state index contributed by atoms with van der Waals surface area (Å²) in [5.41, 5.74) is 0. The molecule has 3 heterocycles. The van der Waals surface area contributed by atoms with Crippen LogP contribution < -0.4 is 5.32 Å². The molecule has 2 aliphatic heterocycles. The number of morpholine rings is 1. The number of aromatic nitrogens is 1. The Balaban J connectivity index is 1.90. The highest BCUT2D eigenvalue weighted by Crippen LogP contribution is 2.37. The average molecular weight is 380 g/mol. The lowest BCUT2D eigenvalue weighted by Gasteiger charge is -2.47. The van der Waals surface area contributed by atoms with E-state index in [-0.39, 0.29) is 5.91 Å². The van der Waals surface area contributed by atoms with E-state index in [0.29, 0.717) is 6.54 Å². The van der Waals surface area contributed by atoms with Gasteiger partial charge in [0.05, 0.1) is 18.2 Å². The molecule has 1 atom stereocenters. The molecule has 0 aliphatic carbocycles. The number of amides is 1. The Bertz CT molecular complexity index is 576. The minimum absolute atomic E-state index is 0.0456. The van der Waals surface area contributed by atoms with E-state index in [0.717, 1.165) is 57.5 Å². The number of carbonyl (C=O) groups excluding carboxylic acids is 1. The van der Waals surface area contributed by atoms with Crippen molar-refractivity contribution in [2.75, 3.05) is 73.1 Å². The van der Waals surface area contributed by atoms with Crippen LogP contribution in [0.1, 0.15) is 0 Å². The van der Waals surface area contributed by atoms with Crippen molar-refractivity contribution in [3.8, 4) is 0 Å². The van der Waals surface area contributed by atoms with Gasteiger partial charge in [0.1, 0.15) is 0 Å². The molecule has 2 saturated heterocycles. The molecule has 2 fully saturated rings. The Morgan fingerprint density at radius 3 is 2.58 bits per heavy atom. The van der Waals surface area contributed by atoms with Gasteiger partial charge in [-0.25, -0.2) is 4.98 Å². The first-order chi connectivity index (χ1) is 12.6. The Kier molecular flexibility index (Phi) is 6.88. The van der Waals surface area contributed by atoms with Crippen LogP contribution in [0.5, 0.6) is 0 Å². The van der Waals surface area contributed by atoms with Crippen molar-refractivity contribution in [1.29, 1.82) is 0 Å². The van der Waals surface area contributed by atoms with Crippen LogP contribution in [0.3, 0.4) is 0 Å². The second-order valence-electron chi connectivity index (χ2n) is 6.81. The van der Waals surface area contributed by atoms with Gasteiger partial charge in [0, 0.05) is 59.1 Å². The molecule has 1 N–H and O–H groups in total. The van der Waals surface area contributed by atoms with Gasteiger partial charge in [0.2, 0.25) is 0 Å². The number of ether oxygens (including phenoxy) is 1. The maximum Gasteiger partial charge on any atom is 0.252 e. The number of nitrogens with zero attached hydrogens (tertiary/aromatic N) is 4. The molecular weight excluding hydrogens is 350 g/mol. The molecule has 1 aromatic heterocycles.